The van der Waals surface area contributed by atoms with Crippen molar-refractivity contribution in [3.8, 4) is 6.07 Å². The molecule has 6 nitrogen and oxygen atoms in total. The molecule has 0 aromatic heterocycles. The van der Waals surface area contributed by atoms with Crippen molar-refractivity contribution in [1.29, 1.82) is 5.26 Å². The van der Waals surface area contributed by atoms with E-state index >= 15 is 0 Å². The first kappa shape index (κ1) is 9.87. The molecule has 0 aromatic carbocycles. The third kappa shape index (κ3) is 6.76. The Morgan fingerprint density at radius 3 is 2.55 bits per heavy atom. The van der Waals surface area contributed by atoms with Crippen LogP contribution in [0.15, 0.2) is 0 Å². The van der Waals surface area contributed by atoms with Crippen LogP contribution in [0.25, 0.3) is 0 Å². The van der Waals surface area contributed by atoms with Gasteiger partial charge in [-0.05, 0) is 0 Å². The Morgan fingerprint density at radius 2 is 2.18 bits per heavy atom. The highest BCUT2D eigenvalue weighted by molar-refractivity contribution is 7.85. The highest BCUT2D eigenvalue weighted by Crippen LogP contribution is 1.79. The van der Waals surface area contributed by atoms with Crippen LogP contribution in [0.5, 0.6) is 0 Å². The molecule has 0 bridgehead atoms. The average molecular weight is 178 g/mol. The molecule has 0 fully saturated rings. The van der Waals surface area contributed by atoms with Gasteiger partial charge in [0.05, 0.1) is 6.07 Å². The Morgan fingerprint density at radius 1 is 1.64 bits per heavy atom. The van der Waals surface area contributed by atoms with E-state index in [4.69, 9.17) is 9.81 Å². The van der Waals surface area contributed by atoms with Crippen molar-refractivity contribution in [2.75, 3.05) is 5.88 Å². The predicted octanol–water partition coefficient (Wildman–Crippen LogP) is -1.14. The largest absolute Gasteiger partial charge is 0.339 e. The molecule has 11 heavy (non-hydrogen) atoms. The minimum atomic E-state index is -4.18. The zero-order valence-corrected chi connectivity index (χ0v) is 6.26. The van der Waals surface area contributed by atoms with Crippen molar-refractivity contribution in [2.45, 2.75) is 6.42 Å². The van der Waals surface area contributed by atoms with Crippen LogP contribution in [-0.2, 0) is 14.9 Å². The van der Waals surface area contributed by atoms with Gasteiger partial charge in [0.1, 0.15) is 12.3 Å². The molecule has 0 aliphatic carbocycles. The molecule has 0 saturated carbocycles. The first-order valence-electron chi connectivity index (χ1n) is 2.54. The molecule has 62 valence electrons. The first-order chi connectivity index (χ1) is 4.95. The van der Waals surface area contributed by atoms with Gasteiger partial charge < -0.3 is 5.32 Å². The highest BCUT2D eigenvalue weighted by Gasteiger charge is 2.06. The summed E-state index contributed by atoms with van der Waals surface area (Å²) in [5, 5.41) is 9.77. The molecule has 7 heteroatoms. The van der Waals surface area contributed by atoms with Gasteiger partial charge in [0.25, 0.3) is 10.1 Å². The summed E-state index contributed by atoms with van der Waals surface area (Å²) < 4.78 is 28.1. The number of rotatable bonds is 3. The van der Waals surface area contributed by atoms with Crippen molar-refractivity contribution in [2.24, 2.45) is 0 Å². The molecule has 0 saturated heterocycles. The van der Waals surface area contributed by atoms with Crippen molar-refractivity contribution in [1.82, 2.24) is 5.32 Å². The molecule has 1 amide bonds. The van der Waals surface area contributed by atoms with E-state index in [9.17, 15) is 13.2 Å². The maximum atomic E-state index is 10.4. The third-order valence-corrected chi connectivity index (χ3v) is 1.20. The summed E-state index contributed by atoms with van der Waals surface area (Å²) >= 11 is 0. The fourth-order valence-corrected chi connectivity index (χ4v) is 0.649. The van der Waals surface area contributed by atoms with Crippen LogP contribution in [-0.4, -0.2) is 24.8 Å². The van der Waals surface area contributed by atoms with Gasteiger partial charge in [0.2, 0.25) is 5.91 Å². The lowest BCUT2D eigenvalue weighted by Crippen LogP contribution is -2.28. The Bertz CT molecular complexity index is 275. The van der Waals surface area contributed by atoms with Crippen LogP contribution < -0.4 is 5.32 Å². The summed E-state index contributed by atoms with van der Waals surface area (Å²) in [7, 11) is -4.18. The molecule has 0 aliphatic heterocycles. The van der Waals surface area contributed by atoms with E-state index < -0.39 is 28.3 Å². The molecule has 0 spiro atoms. The van der Waals surface area contributed by atoms with Gasteiger partial charge in [-0.3, -0.25) is 9.35 Å². The predicted molar refractivity (Wildman–Crippen MR) is 34.8 cm³/mol. The Labute approximate surface area is 63.6 Å². The topological polar surface area (TPSA) is 107 Å². The summed E-state index contributed by atoms with van der Waals surface area (Å²) in [6.07, 6.45) is -0.421. The summed E-state index contributed by atoms with van der Waals surface area (Å²) in [5.74, 6) is -1.59. The summed E-state index contributed by atoms with van der Waals surface area (Å²) in [5.41, 5.74) is 0. The van der Waals surface area contributed by atoms with Crippen LogP contribution in [0.2, 0.25) is 0 Å². The first-order valence-corrected chi connectivity index (χ1v) is 4.15. The smallest absolute Gasteiger partial charge is 0.283 e. The number of nitrogens with zero attached hydrogens (tertiary/aromatic N) is 1. The summed E-state index contributed by atoms with van der Waals surface area (Å²) in [6, 6.07) is 1.52. The SMILES string of the molecule is N#CCC(=O)NCS(=O)(=O)O. The van der Waals surface area contributed by atoms with Crippen molar-refractivity contribution in [3.05, 3.63) is 0 Å². The summed E-state index contributed by atoms with van der Waals surface area (Å²) in [4.78, 5) is 10.4. The fourth-order valence-electron chi connectivity index (χ4n) is 0.306. The molecular formula is C4H6N2O4S. The van der Waals surface area contributed by atoms with Crippen molar-refractivity contribution >= 4 is 16.0 Å². The lowest BCUT2D eigenvalue weighted by Gasteiger charge is -1.97. The number of hydrogen-bond donors (Lipinski definition) is 2. The van der Waals surface area contributed by atoms with Crippen LogP contribution >= 0.6 is 0 Å². The lowest BCUT2D eigenvalue weighted by molar-refractivity contribution is -0.119. The molecule has 0 aliphatic rings. The van der Waals surface area contributed by atoms with Gasteiger partial charge in [-0.1, -0.05) is 0 Å². The van der Waals surface area contributed by atoms with Crippen molar-refractivity contribution in [3.63, 3.8) is 0 Å². The zero-order valence-electron chi connectivity index (χ0n) is 5.44. The Balaban J connectivity index is 3.75. The molecule has 0 rings (SSSR count). The number of carbonyl (C=O) groups is 1. The minimum Gasteiger partial charge on any atom is -0.339 e. The third-order valence-electron chi connectivity index (χ3n) is 0.691. The van der Waals surface area contributed by atoms with Crippen LogP contribution in [0.4, 0.5) is 0 Å². The van der Waals surface area contributed by atoms with E-state index in [-0.39, 0.29) is 0 Å². The van der Waals surface area contributed by atoms with Gasteiger partial charge in [-0.15, -0.1) is 0 Å². The second-order valence-corrected chi connectivity index (χ2v) is 3.11. The second-order valence-electron chi connectivity index (χ2n) is 1.66. The monoisotopic (exact) mass is 178 g/mol. The van der Waals surface area contributed by atoms with E-state index in [0.717, 1.165) is 0 Å². The van der Waals surface area contributed by atoms with Crippen LogP contribution in [0.3, 0.4) is 0 Å². The Hall–Kier alpha value is -1.13. The highest BCUT2D eigenvalue weighted by atomic mass is 32.2. The van der Waals surface area contributed by atoms with Gasteiger partial charge in [-0.25, -0.2) is 0 Å². The maximum Gasteiger partial charge on any atom is 0.283 e. The number of carbonyl (C=O) groups excluding carboxylic acids is 1. The fraction of sp³-hybridized carbons (Fsp3) is 0.500. The number of nitrogens with one attached hydrogen (secondary N) is 1. The zero-order chi connectivity index (χ0) is 8.91. The number of nitriles is 1. The normalized spacial score (nSPS) is 10.2. The molecular weight excluding hydrogens is 172 g/mol. The van der Waals surface area contributed by atoms with E-state index in [1.54, 1.807) is 0 Å². The van der Waals surface area contributed by atoms with Crippen molar-refractivity contribution < 1.29 is 17.8 Å². The molecule has 0 aromatic rings. The van der Waals surface area contributed by atoms with E-state index in [0.29, 0.717) is 0 Å². The maximum absolute atomic E-state index is 10.4. The average Bonchev–Trinajstić information content (AvgIpc) is 1.83. The van der Waals surface area contributed by atoms with Gasteiger partial charge >= 0.3 is 0 Å². The van der Waals surface area contributed by atoms with Crippen LogP contribution in [0.1, 0.15) is 6.42 Å². The summed E-state index contributed by atoms with van der Waals surface area (Å²) in [6.45, 7) is 0. The van der Waals surface area contributed by atoms with E-state index in [1.807, 2.05) is 5.32 Å². The van der Waals surface area contributed by atoms with Gasteiger partial charge in [0, 0.05) is 0 Å². The lowest BCUT2D eigenvalue weighted by atomic mass is 10.4. The van der Waals surface area contributed by atoms with Gasteiger partial charge in [0.15, 0.2) is 0 Å². The number of amides is 1. The van der Waals surface area contributed by atoms with E-state index in [1.165, 1.54) is 6.07 Å². The van der Waals surface area contributed by atoms with Gasteiger partial charge in [-0.2, -0.15) is 13.7 Å². The quantitative estimate of drug-likeness (QED) is 0.531. The second kappa shape index (κ2) is 3.90. The standard InChI is InChI=1S/C4H6N2O4S/c5-2-1-4(7)6-3-11(8,9)10/h1,3H2,(H,6,7)(H,8,9,10). The minimum absolute atomic E-state index is 0.421. The molecule has 0 heterocycles. The molecule has 0 atom stereocenters. The number of hydrogen-bond acceptors (Lipinski definition) is 4. The molecule has 0 radical (unpaired) electrons. The molecule has 2 N–H and O–H groups in total. The molecule has 0 unspecified atom stereocenters. The van der Waals surface area contributed by atoms with Crippen LogP contribution in [0, 0.1) is 11.3 Å². The Kier molecular flexibility index (Phi) is 3.50. The van der Waals surface area contributed by atoms with E-state index in [2.05, 4.69) is 0 Å².